The topological polar surface area (TPSA) is 81.4 Å². The predicted octanol–water partition coefficient (Wildman–Crippen LogP) is 2.74. The van der Waals surface area contributed by atoms with Gasteiger partial charge in [-0.3, -0.25) is 4.98 Å². The second-order valence-corrected chi connectivity index (χ2v) is 6.75. The molecule has 25 heavy (non-hydrogen) atoms. The van der Waals surface area contributed by atoms with E-state index >= 15 is 0 Å². The maximum Gasteiger partial charge on any atom is 0.161 e. The average Bonchev–Trinajstić information content (AvgIpc) is 3.35. The monoisotopic (exact) mass is 333 g/mol. The number of aryl methyl sites for hydroxylation is 1. The normalized spacial score (nSPS) is 21.2. The van der Waals surface area contributed by atoms with Gasteiger partial charge in [0.25, 0.3) is 0 Å². The Morgan fingerprint density at radius 3 is 2.92 bits per heavy atom. The van der Waals surface area contributed by atoms with Gasteiger partial charge in [-0.2, -0.15) is 5.10 Å². The third kappa shape index (κ3) is 2.38. The van der Waals surface area contributed by atoms with Gasteiger partial charge in [0.2, 0.25) is 0 Å². The lowest BCUT2D eigenvalue weighted by molar-refractivity contribution is 0.512. The summed E-state index contributed by atoms with van der Waals surface area (Å²) in [6.45, 7) is 2.17. The molecule has 1 N–H and O–H groups in total. The van der Waals surface area contributed by atoms with Crippen LogP contribution in [0, 0.1) is 0 Å². The molecule has 126 valence electrons. The molecule has 7 nitrogen and oxygen atoms in total. The Kier molecular flexibility index (Phi) is 3.26. The van der Waals surface area contributed by atoms with Gasteiger partial charge in [-0.25, -0.2) is 19.6 Å². The van der Waals surface area contributed by atoms with Crippen molar-refractivity contribution in [2.75, 3.05) is 5.32 Å². The van der Waals surface area contributed by atoms with Gasteiger partial charge in [0.15, 0.2) is 5.82 Å². The zero-order valence-corrected chi connectivity index (χ0v) is 14.1. The number of hydrogen-bond donors (Lipinski definition) is 1. The number of nitrogens with zero attached hydrogens (tertiary/aromatic N) is 6. The second kappa shape index (κ2) is 5.61. The van der Waals surface area contributed by atoms with E-state index in [4.69, 9.17) is 9.97 Å². The first-order valence-electron chi connectivity index (χ1n) is 8.75. The summed E-state index contributed by atoms with van der Waals surface area (Å²) in [6.07, 6.45) is 9.34. The van der Waals surface area contributed by atoms with Gasteiger partial charge in [-0.15, -0.1) is 0 Å². The van der Waals surface area contributed by atoms with Crippen molar-refractivity contribution in [3.05, 3.63) is 47.9 Å². The minimum Gasteiger partial charge on any atom is -0.360 e. The van der Waals surface area contributed by atoms with Crippen LogP contribution in [0.2, 0.25) is 0 Å². The minimum atomic E-state index is 0.141. The Morgan fingerprint density at radius 1 is 1.16 bits per heavy atom. The summed E-state index contributed by atoms with van der Waals surface area (Å²) in [6, 6.07) is 4.40. The third-order valence-electron chi connectivity index (χ3n) is 5.09. The van der Waals surface area contributed by atoms with Crippen LogP contribution in [0.3, 0.4) is 0 Å². The van der Waals surface area contributed by atoms with E-state index in [0.29, 0.717) is 6.04 Å². The van der Waals surface area contributed by atoms with Crippen molar-refractivity contribution in [2.45, 2.75) is 44.7 Å². The van der Waals surface area contributed by atoms with Crippen molar-refractivity contribution in [2.24, 2.45) is 0 Å². The number of anilines is 1. The maximum absolute atomic E-state index is 4.85. The van der Waals surface area contributed by atoms with E-state index in [9.17, 15) is 0 Å². The van der Waals surface area contributed by atoms with Crippen LogP contribution in [-0.2, 0) is 12.8 Å². The quantitative estimate of drug-likeness (QED) is 0.794. The van der Waals surface area contributed by atoms with Crippen LogP contribution in [0.1, 0.15) is 48.9 Å². The van der Waals surface area contributed by atoms with Crippen molar-refractivity contribution in [3.63, 3.8) is 0 Å². The first-order valence-corrected chi connectivity index (χ1v) is 8.75. The van der Waals surface area contributed by atoms with Gasteiger partial charge in [0, 0.05) is 29.2 Å². The van der Waals surface area contributed by atoms with E-state index in [1.807, 2.05) is 16.8 Å². The average molecular weight is 333 g/mol. The molecule has 0 spiro atoms. The first-order chi connectivity index (χ1) is 12.3. The standard InChI is InChI=1S/C18H19N7/c1-11-9-15(18-20-10-21-25(11)18)23-17-13-3-2-4-14(13)22-16(24-17)12-5-7-19-8-6-12/h5-8,10-11,15H,2-4,9H2,1H3,(H,22,23,24). The van der Waals surface area contributed by atoms with Crippen LogP contribution in [0.25, 0.3) is 11.4 Å². The SMILES string of the molecule is CC1CC(Nc2nc(-c3ccncc3)nc3c2CCC3)c2ncnn21. The molecule has 0 saturated carbocycles. The van der Waals surface area contributed by atoms with Gasteiger partial charge >= 0.3 is 0 Å². The van der Waals surface area contributed by atoms with Crippen molar-refractivity contribution in [1.29, 1.82) is 0 Å². The lowest BCUT2D eigenvalue weighted by Crippen LogP contribution is -2.13. The second-order valence-electron chi connectivity index (χ2n) is 6.75. The van der Waals surface area contributed by atoms with E-state index in [2.05, 4.69) is 27.3 Å². The zero-order valence-electron chi connectivity index (χ0n) is 14.1. The smallest absolute Gasteiger partial charge is 0.161 e. The van der Waals surface area contributed by atoms with Crippen LogP contribution in [0.15, 0.2) is 30.9 Å². The minimum absolute atomic E-state index is 0.141. The Balaban J connectivity index is 1.54. The summed E-state index contributed by atoms with van der Waals surface area (Å²) >= 11 is 0. The van der Waals surface area contributed by atoms with E-state index in [0.717, 1.165) is 54.4 Å². The first kappa shape index (κ1) is 14.5. The summed E-state index contributed by atoms with van der Waals surface area (Å²) in [5.74, 6) is 2.70. The number of nitrogens with one attached hydrogen (secondary N) is 1. The molecule has 0 amide bonds. The van der Waals surface area contributed by atoms with E-state index < -0.39 is 0 Å². The number of aromatic nitrogens is 6. The summed E-state index contributed by atoms with van der Waals surface area (Å²) in [7, 11) is 0. The highest BCUT2D eigenvalue weighted by atomic mass is 15.4. The largest absolute Gasteiger partial charge is 0.360 e. The summed E-state index contributed by atoms with van der Waals surface area (Å²) < 4.78 is 2.00. The lowest BCUT2D eigenvalue weighted by Gasteiger charge is -2.16. The molecular weight excluding hydrogens is 314 g/mol. The fourth-order valence-electron chi connectivity index (χ4n) is 3.86. The lowest BCUT2D eigenvalue weighted by atomic mass is 10.1. The molecule has 3 aromatic heterocycles. The van der Waals surface area contributed by atoms with E-state index in [1.54, 1.807) is 18.7 Å². The molecule has 0 radical (unpaired) electrons. The van der Waals surface area contributed by atoms with Crippen molar-refractivity contribution in [3.8, 4) is 11.4 Å². The van der Waals surface area contributed by atoms with Gasteiger partial charge in [0.05, 0.1) is 12.1 Å². The van der Waals surface area contributed by atoms with Gasteiger partial charge in [-0.05, 0) is 44.7 Å². The Morgan fingerprint density at radius 2 is 2.04 bits per heavy atom. The number of hydrogen-bond acceptors (Lipinski definition) is 6. The van der Waals surface area contributed by atoms with Crippen molar-refractivity contribution < 1.29 is 0 Å². The highest BCUT2D eigenvalue weighted by Crippen LogP contribution is 2.36. The van der Waals surface area contributed by atoms with Crippen molar-refractivity contribution in [1.82, 2.24) is 29.7 Å². The van der Waals surface area contributed by atoms with Crippen LogP contribution in [-0.4, -0.2) is 29.7 Å². The van der Waals surface area contributed by atoms with E-state index in [1.165, 1.54) is 5.56 Å². The van der Waals surface area contributed by atoms with Gasteiger partial charge < -0.3 is 5.32 Å². The molecule has 1 aliphatic heterocycles. The molecule has 0 bridgehead atoms. The summed E-state index contributed by atoms with van der Waals surface area (Å²) in [5, 5.41) is 7.97. The molecule has 2 atom stereocenters. The van der Waals surface area contributed by atoms with Crippen LogP contribution in [0.5, 0.6) is 0 Å². The molecule has 1 aliphatic carbocycles. The summed E-state index contributed by atoms with van der Waals surface area (Å²) in [4.78, 5) is 18.2. The molecule has 3 aromatic rings. The fourth-order valence-corrected chi connectivity index (χ4v) is 3.86. The van der Waals surface area contributed by atoms with Crippen LogP contribution < -0.4 is 5.32 Å². The summed E-state index contributed by atoms with van der Waals surface area (Å²) in [5.41, 5.74) is 3.41. The maximum atomic E-state index is 4.85. The van der Waals surface area contributed by atoms with Crippen LogP contribution >= 0.6 is 0 Å². The third-order valence-corrected chi connectivity index (χ3v) is 5.09. The molecule has 0 aromatic carbocycles. The van der Waals surface area contributed by atoms with Crippen molar-refractivity contribution >= 4 is 5.82 Å². The van der Waals surface area contributed by atoms with E-state index in [-0.39, 0.29) is 6.04 Å². The Labute approximate surface area is 145 Å². The highest BCUT2D eigenvalue weighted by Gasteiger charge is 2.32. The number of rotatable bonds is 3. The molecular formula is C18H19N7. The fraction of sp³-hybridized carbons (Fsp3) is 0.389. The number of fused-ring (bicyclic) bond motifs is 2. The highest BCUT2D eigenvalue weighted by molar-refractivity contribution is 5.60. The van der Waals surface area contributed by atoms with Gasteiger partial charge in [0.1, 0.15) is 18.0 Å². The Bertz CT molecular complexity index is 918. The molecule has 2 aliphatic rings. The predicted molar refractivity (Wildman–Crippen MR) is 93.0 cm³/mol. The van der Waals surface area contributed by atoms with Crippen LogP contribution in [0.4, 0.5) is 5.82 Å². The Hall–Kier alpha value is -2.83. The molecule has 0 fully saturated rings. The molecule has 4 heterocycles. The number of pyridine rings is 1. The molecule has 2 unspecified atom stereocenters. The van der Waals surface area contributed by atoms with Gasteiger partial charge in [-0.1, -0.05) is 0 Å². The molecule has 7 heteroatoms. The molecule has 5 rings (SSSR count). The molecule has 0 saturated heterocycles. The zero-order chi connectivity index (χ0) is 16.8.